The lowest BCUT2D eigenvalue weighted by Crippen LogP contribution is -2.36. The summed E-state index contributed by atoms with van der Waals surface area (Å²) < 4.78 is 0. The van der Waals surface area contributed by atoms with Crippen LogP contribution in [0.4, 0.5) is 0 Å². The van der Waals surface area contributed by atoms with Gasteiger partial charge in [0.05, 0.1) is 0 Å². The molecule has 0 bridgehead atoms. The summed E-state index contributed by atoms with van der Waals surface area (Å²) in [7, 11) is 1.78. The van der Waals surface area contributed by atoms with Crippen molar-refractivity contribution in [1.82, 2.24) is 10.2 Å². The number of hydrogen-bond acceptors (Lipinski definition) is 3. The number of carbonyl (C=O) groups excluding carboxylic acids is 2. The van der Waals surface area contributed by atoms with Gasteiger partial charge in [0.1, 0.15) is 0 Å². The van der Waals surface area contributed by atoms with E-state index in [-0.39, 0.29) is 11.8 Å². The summed E-state index contributed by atoms with van der Waals surface area (Å²) in [6, 6.07) is 0. The van der Waals surface area contributed by atoms with Gasteiger partial charge in [0.2, 0.25) is 0 Å². The minimum atomic E-state index is -0.201. The van der Waals surface area contributed by atoms with Crippen LogP contribution in [0, 0.1) is 0 Å². The van der Waals surface area contributed by atoms with Gasteiger partial charge in [-0.2, -0.15) is 0 Å². The molecule has 0 unspecified atom stereocenters. The summed E-state index contributed by atoms with van der Waals surface area (Å²) in [5.41, 5.74) is 0.524. The first-order chi connectivity index (χ1) is 5.66. The van der Waals surface area contributed by atoms with Crippen molar-refractivity contribution in [2.45, 2.75) is 6.92 Å². The van der Waals surface area contributed by atoms with Crippen molar-refractivity contribution in [3.63, 3.8) is 0 Å². The first-order valence-electron chi connectivity index (χ1n) is 3.85. The second kappa shape index (κ2) is 3.49. The molecule has 0 atom stereocenters. The highest BCUT2D eigenvalue weighted by atomic mass is 16.2. The van der Waals surface area contributed by atoms with Gasteiger partial charge in [-0.3, -0.25) is 14.5 Å². The zero-order valence-corrected chi connectivity index (χ0v) is 7.26. The molecule has 0 saturated heterocycles. The molecule has 0 fully saturated rings. The third-order valence-electron chi connectivity index (χ3n) is 1.77. The van der Waals surface area contributed by atoms with E-state index in [9.17, 15) is 9.59 Å². The number of rotatable bonds is 3. The fourth-order valence-electron chi connectivity index (χ4n) is 1.07. The lowest BCUT2D eigenvalue weighted by Gasteiger charge is -2.13. The lowest BCUT2D eigenvalue weighted by atomic mass is 10.3. The summed E-state index contributed by atoms with van der Waals surface area (Å²) in [4.78, 5) is 23.6. The smallest absolute Gasteiger partial charge is 0.256 e. The molecule has 0 aromatic carbocycles. The van der Waals surface area contributed by atoms with E-state index in [1.807, 2.05) is 0 Å². The summed E-state index contributed by atoms with van der Waals surface area (Å²) in [6.07, 6.45) is 1.37. The number of likely N-dealkylation sites (N-methyl/N-ethyl adjacent to an activating group) is 1. The number of nitrogens with one attached hydrogen (secondary N) is 1. The SMILES string of the molecule is CNCCN1C(=O)C=C(C)C1=O. The van der Waals surface area contributed by atoms with Crippen LogP contribution in [-0.2, 0) is 9.59 Å². The fraction of sp³-hybridized carbons (Fsp3) is 0.500. The molecule has 0 radical (unpaired) electrons. The highest BCUT2D eigenvalue weighted by molar-refractivity contribution is 6.15. The Morgan fingerprint density at radius 1 is 1.50 bits per heavy atom. The Morgan fingerprint density at radius 2 is 2.17 bits per heavy atom. The Hall–Kier alpha value is -1.16. The van der Waals surface area contributed by atoms with Crippen LogP contribution < -0.4 is 5.32 Å². The van der Waals surface area contributed by atoms with Crippen LogP contribution in [0.2, 0.25) is 0 Å². The normalized spacial score (nSPS) is 17.2. The van der Waals surface area contributed by atoms with E-state index in [0.717, 1.165) is 0 Å². The van der Waals surface area contributed by atoms with Crippen LogP contribution >= 0.6 is 0 Å². The molecule has 0 aromatic rings. The molecular weight excluding hydrogens is 156 g/mol. The third kappa shape index (κ3) is 1.53. The van der Waals surface area contributed by atoms with E-state index in [0.29, 0.717) is 18.7 Å². The molecule has 1 aliphatic heterocycles. The highest BCUT2D eigenvalue weighted by Crippen LogP contribution is 2.10. The largest absolute Gasteiger partial charge is 0.318 e. The van der Waals surface area contributed by atoms with Crippen LogP contribution in [-0.4, -0.2) is 36.9 Å². The molecule has 0 aliphatic carbocycles. The van der Waals surface area contributed by atoms with E-state index in [1.165, 1.54) is 11.0 Å². The van der Waals surface area contributed by atoms with Gasteiger partial charge in [-0.15, -0.1) is 0 Å². The predicted octanol–water partition coefficient (Wildman–Crippen LogP) is -0.479. The van der Waals surface area contributed by atoms with Crippen molar-refractivity contribution >= 4 is 11.8 Å². The Balaban J connectivity index is 2.58. The molecule has 4 heteroatoms. The first kappa shape index (κ1) is 8.93. The summed E-state index contributed by atoms with van der Waals surface area (Å²) in [5.74, 6) is -0.372. The molecule has 0 saturated carbocycles. The van der Waals surface area contributed by atoms with E-state index in [2.05, 4.69) is 5.32 Å². The van der Waals surface area contributed by atoms with E-state index >= 15 is 0 Å². The standard InChI is InChI=1S/C8H12N2O2/c1-6-5-7(11)10(8(6)12)4-3-9-2/h5,9H,3-4H2,1-2H3. The lowest BCUT2D eigenvalue weighted by molar-refractivity contribution is -0.137. The van der Waals surface area contributed by atoms with Gasteiger partial charge in [-0.25, -0.2) is 0 Å². The minimum absolute atomic E-state index is 0.171. The van der Waals surface area contributed by atoms with E-state index in [1.54, 1.807) is 14.0 Å². The molecule has 1 aliphatic rings. The topological polar surface area (TPSA) is 49.4 Å². The number of hydrogen-bond donors (Lipinski definition) is 1. The van der Waals surface area contributed by atoms with E-state index in [4.69, 9.17) is 0 Å². The Bertz CT molecular complexity index is 245. The van der Waals surface area contributed by atoms with Crippen molar-refractivity contribution in [1.29, 1.82) is 0 Å². The van der Waals surface area contributed by atoms with Gasteiger partial charge >= 0.3 is 0 Å². The molecule has 0 aromatic heterocycles. The van der Waals surface area contributed by atoms with Gasteiger partial charge in [0, 0.05) is 24.7 Å². The molecule has 1 heterocycles. The van der Waals surface area contributed by atoms with Gasteiger partial charge in [0.15, 0.2) is 0 Å². The molecule has 1 rings (SSSR count). The molecule has 2 amide bonds. The summed E-state index contributed by atoms with van der Waals surface area (Å²) in [5, 5.41) is 2.88. The molecule has 66 valence electrons. The average Bonchev–Trinajstić information content (AvgIpc) is 2.25. The number of amides is 2. The molecule has 12 heavy (non-hydrogen) atoms. The van der Waals surface area contributed by atoms with Gasteiger partial charge in [0.25, 0.3) is 11.8 Å². The Morgan fingerprint density at radius 3 is 2.58 bits per heavy atom. The van der Waals surface area contributed by atoms with Crippen LogP contribution in [0.1, 0.15) is 6.92 Å². The zero-order valence-electron chi connectivity index (χ0n) is 7.26. The van der Waals surface area contributed by atoms with Crippen molar-refractivity contribution in [3.8, 4) is 0 Å². The van der Waals surface area contributed by atoms with Crippen LogP contribution in [0.25, 0.3) is 0 Å². The van der Waals surface area contributed by atoms with Gasteiger partial charge in [-0.05, 0) is 14.0 Å². The number of imide groups is 1. The Kier molecular flexibility index (Phi) is 2.60. The highest BCUT2D eigenvalue weighted by Gasteiger charge is 2.27. The third-order valence-corrected chi connectivity index (χ3v) is 1.77. The van der Waals surface area contributed by atoms with Crippen molar-refractivity contribution < 1.29 is 9.59 Å². The zero-order chi connectivity index (χ0) is 9.14. The Labute approximate surface area is 71.2 Å². The van der Waals surface area contributed by atoms with Gasteiger partial charge in [-0.1, -0.05) is 0 Å². The first-order valence-corrected chi connectivity index (χ1v) is 3.85. The number of carbonyl (C=O) groups is 2. The van der Waals surface area contributed by atoms with Crippen LogP contribution in [0.5, 0.6) is 0 Å². The summed E-state index contributed by atoms with van der Waals surface area (Å²) >= 11 is 0. The van der Waals surface area contributed by atoms with Crippen LogP contribution in [0.3, 0.4) is 0 Å². The maximum Gasteiger partial charge on any atom is 0.256 e. The monoisotopic (exact) mass is 168 g/mol. The van der Waals surface area contributed by atoms with E-state index < -0.39 is 0 Å². The van der Waals surface area contributed by atoms with Crippen molar-refractivity contribution in [3.05, 3.63) is 11.6 Å². The quantitative estimate of drug-likeness (QED) is 0.579. The van der Waals surface area contributed by atoms with Crippen LogP contribution in [0.15, 0.2) is 11.6 Å². The maximum atomic E-state index is 11.2. The summed E-state index contributed by atoms with van der Waals surface area (Å²) in [6.45, 7) is 2.74. The predicted molar refractivity (Wildman–Crippen MR) is 44.4 cm³/mol. The molecule has 1 N–H and O–H groups in total. The second-order valence-corrected chi connectivity index (χ2v) is 2.73. The molecule has 0 spiro atoms. The molecule has 4 nitrogen and oxygen atoms in total. The number of nitrogens with zero attached hydrogens (tertiary/aromatic N) is 1. The van der Waals surface area contributed by atoms with Crippen molar-refractivity contribution in [2.75, 3.05) is 20.1 Å². The maximum absolute atomic E-state index is 11.2. The minimum Gasteiger partial charge on any atom is -0.318 e. The van der Waals surface area contributed by atoms with Crippen molar-refractivity contribution in [2.24, 2.45) is 0 Å². The van der Waals surface area contributed by atoms with Gasteiger partial charge < -0.3 is 5.32 Å². The fourth-order valence-corrected chi connectivity index (χ4v) is 1.07. The average molecular weight is 168 g/mol. The molecular formula is C8H12N2O2. The second-order valence-electron chi connectivity index (χ2n) is 2.73.